The molecule has 110 valence electrons. The van der Waals surface area contributed by atoms with Crippen molar-refractivity contribution >= 4 is 11.8 Å². The maximum absolute atomic E-state index is 12.5. The zero-order chi connectivity index (χ0) is 15.1. The fourth-order valence-electron chi connectivity index (χ4n) is 2.53. The van der Waals surface area contributed by atoms with Gasteiger partial charge in [0.1, 0.15) is 11.6 Å². The molecular weight excluding hydrogens is 256 g/mol. The Bertz CT molecular complexity index is 547. The molecule has 1 atom stereocenters. The molecule has 20 heavy (non-hydrogen) atoms. The summed E-state index contributed by atoms with van der Waals surface area (Å²) in [5.74, 6) is -0.181. The standard InChI is InChI=1S/C14H22N4O2/c1-6-18-11(7-9(2)16-18)8-17-10(3)12(19)15-14(4,5)13(17)20/h7,10H,6,8H2,1-5H3,(H,15,19). The molecule has 1 fully saturated rings. The lowest BCUT2D eigenvalue weighted by Gasteiger charge is -2.41. The second kappa shape index (κ2) is 4.92. The molecule has 1 N–H and O–H groups in total. The van der Waals surface area contributed by atoms with E-state index < -0.39 is 11.6 Å². The Balaban J connectivity index is 2.30. The predicted octanol–water partition coefficient (Wildman–Crippen LogP) is 0.837. The van der Waals surface area contributed by atoms with E-state index >= 15 is 0 Å². The van der Waals surface area contributed by atoms with E-state index in [1.165, 1.54) is 0 Å². The van der Waals surface area contributed by atoms with Gasteiger partial charge in [0.05, 0.1) is 17.9 Å². The molecule has 0 spiro atoms. The molecule has 1 aliphatic heterocycles. The van der Waals surface area contributed by atoms with E-state index in [2.05, 4.69) is 10.4 Å². The van der Waals surface area contributed by atoms with E-state index in [0.29, 0.717) is 6.54 Å². The van der Waals surface area contributed by atoms with Gasteiger partial charge in [-0.1, -0.05) is 0 Å². The van der Waals surface area contributed by atoms with Crippen molar-refractivity contribution in [1.82, 2.24) is 20.0 Å². The molecule has 6 nitrogen and oxygen atoms in total. The first-order valence-corrected chi connectivity index (χ1v) is 6.92. The third-order valence-corrected chi connectivity index (χ3v) is 3.70. The third kappa shape index (κ3) is 2.42. The summed E-state index contributed by atoms with van der Waals surface area (Å²) >= 11 is 0. The van der Waals surface area contributed by atoms with Gasteiger partial charge in [0, 0.05) is 6.54 Å². The SMILES string of the molecule is CCn1nc(C)cc1CN1C(=O)C(C)(C)NC(=O)C1C. The highest BCUT2D eigenvalue weighted by molar-refractivity contribution is 5.99. The van der Waals surface area contributed by atoms with Gasteiger partial charge in [-0.05, 0) is 40.7 Å². The van der Waals surface area contributed by atoms with Crippen LogP contribution in [0, 0.1) is 6.92 Å². The van der Waals surface area contributed by atoms with Crippen molar-refractivity contribution < 1.29 is 9.59 Å². The molecule has 0 saturated carbocycles. The number of amides is 2. The Labute approximate surface area is 119 Å². The Morgan fingerprint density at radius 3 is 2.65 bits per heavy atom. The minimum Gasteiger partial charge on any atom is -0.340 e. The molecule has 0 radical (unpaired) electrons. The van der Waals surface area contributed by atoms with Crippen molar-refractivity contribution in [2.75, 3.05) is 0 Å². The topological polar surface area (TPSA) is 67.2 Å². The van der Waals surface area contributed by atoms with Gasteiger partial charge in [0.2, 0.25) is 11.8 Å². The molecule has 1 aromatic heterocycles. The summed E-state index contributed by atoms with van der Waals surface area (Å²) in [6.07, 6.45) is 0. The van der Waals surface area contributed by atoms with Crippen molar-refractivity contribution in [3.63, 3.8) is 0 Å². The van der Waals surface area contributed by atoms with Crippen LogP contribution in [0.3, 0.4) is 0 Å². The van der Waals surface area contributed by atoms with Crippen LogP contribution in [0.25, 0.3) is 0 Å². The fraction of sp³-hybridized carbons (Fsp3) is 0.643. The van der Waals surface area contributed by atoms with E-state index in [4.69, 9.17) is 0 Å². The van der Waals surface area contributed by atoms with Crippen molar-refractivity contribution in [1.29, 1.82) is 0 Å². The maximum Gasteiger partial charge on any atom is 0.248 e. The van der Waals surface area contributed by atoms with E-state index in [1.807, 2.05) is 24.6 Å². The van der Waals surface area contributed by atoms with Crippen LogP contribution in [-0.2, 0) is 22.7 Å². The molecule has 2 amide bonds. The molecule has 0 aromatic carbocycles. The van der Waals surface area contributed by atoms with Crippen LogP contribution in [0.15, 0.2) is 6.07 Å². The van der Waals surface area contributed by atoms with Gasteiger partial charge in [-0.15, -0.1) is 0 Å². The maximum atomic E-state index is 12.5. The van der Waals surface area contributed by atoms with Gasteiger partial charge in [-0.2, -0.15) is 5.10 Å². The number of carbonyl (C=O) groups is 2. The van der Waals surface area contributed by atoms with Crippen molar-refractivity contribution in [2.24, 2.45) is 0 Å². The zero-order valence-electron chi connectivity index (χ0n) is 12.7. The summed E-state index contributed by atoms with van der Waals surface area (Å²) in [5.41, 5.74) is 1.02. The minimum absolute atomic E-state index is 0.0638. The number of hydrogen-bond donors (Lipinski definition) is 1. The summed E-state index contributed by atoms with van der Waals surface area (Å²) < 4.78 is 1.87. The van der Waals surface area contributed by atoms with Crippen LogP contribution in [-0.4, -0.2) is 38.1 Å². The van der Waals surface area contributed by atoms with E-state index in [9.17, 15) is 9.59 Å². The van der Waals surface area contributed by atoms with Crippen LogP contribution in [0.5, 0.6) is 0 Å². The lowest BCUT2D eigenvalue weighted by molar-refractivity contribution is -0.153. The largest absolute Gasteiger partial charge is 0.340 e. The average molecular weight is 278 g/mol. The van der Waals surface area contributed by atoms with Crippen molar-refractivity contribution in [3.8, 4) is 0 Å². The highest BCUT2D eigenvalue weighted by atomic mass is 16.2. The van der Waals surface area contributed by atoms with Gasteiger partial charge < -0.3 is 10.2 Å². The van der Waals surface area contributed by atoms with Crippen LogP contribution < -0.4 is 5.32 Å². The van der Waals surface area contributed by atoms with Gasteiger partial charge >= 0.3 is 0 Å². The molecule has 0 bridgehead atoms. The minimum atomic E-state index is -0.851. The summed E-state index contributed by atoms with van der Waals surface area (Å²) in [5, 5.41) is 7.13. The average Bonchev–Trinajstić information content (AvgIpc) is 2.72. The summed E-state index contributed by atoms with van der Waals surface area (Å²) in [7, 11) is 0. The molecule has 6 heteroatoms. The van der Waals surface area contributed by atoms with Crippen molar-refractivity contribution in [3.05, 3.63) is 17.5 Å². The molecule has 1 unspecified atom stereocenters. The first-order chi connectivity index (χ1) is 9.26. The molecule has 0 aliphatic carbocycles. The number of rotatable bonds is 3. The molecule has 2 heterocycles. The van der Waals surface area contributed by atoms with E-state index in [-0.39, 0.29) is 11.8 Å². The number of nitrogens with zero attached hydrogens (tertiary/aromatic N) is 3. The number of aromatic nitrogens is 2. The monoisotopic (exact) mass is 278 g/mol. The highest BCUT2D eigenvalue weighted by Crippen LogP contribution is 2.20. The Kier molecular flexibility index (Phi) is 3.58. The Morgan fingerprint density at radius 1 is 1.40 bits per heavy atom. The lowest BCUT2D eigenvalue weighted by Crippen LogP contribution is -2.67. The van der Waals surface area contributed by atoms with E-state index in [0.717, 1.165) is 17.9 Å². The quantitative estimate of drug-likeness (QED) is 0.891. The zero-order valence-corrected chi connectivity index (χ0v) is 12.7. The number of piperazine rings is 1. The molecule has 1 aromatic rings. The third-order valence-electron chi connectivity index (χ3n) is 3.70. The normalized spacial score (nSPS) is 22.1. The molecular formula is C14H22N4O2. The smallest absolute Gasteiger partial charge is 0.248 e. The number of aryl methyl sites for hydroxylation is 2. The second-order valence-electron chi connectivity index (χ2n) is 5.82. The van der Waals surface area contributed by atoms with Crippen LogP contribution in [0.4, 0.5) is 0 Å². The Morgan fingerprint density at radius 2 is 2.05 bits per heavy atom. The van der Waals surface area contributed by atoms with Crippen LogP contribution >= 0.6 is 0 Å². The fourth-order valence-corrected chi connectivity index (χ4v) is 2.53. The summed E-state index contributed by atoms with van der Waals surface area (Å²) in [4.78, 5) is 26.1. The second-order valence-corrected chi connectivity index (χ2v) is 5.82. The molecule has 1 saturated heterocycles. The van der Waals surface area contributed by atoms with E-state index in [1.54, 1.807) is 25.7 Å². The number of carbonyl (C=O) groups excluding carboxylic acids is 2. The van der Waals surface area contributed by atoms with Crippen LogP contribution in [0.2, 0.25) is 0 Å². The van der Waals surface area contributed by atoms with Gasteiger partial charge in [-0.25, -0.2) is 0 Å². The van der Waals surface area contributed by atoms with Crippen molar-refractivity contribution in [2.45, 2.75) is 59.3 Å². The first-order valence-electron chi connectivity index (χ1n) is 6.92. The lowest BCUT2D eigenvalue weighted by atomic mass is 9.97. The summed E-state index contributed by atoms with van der Waals surface area (Å²) in [6, 6.07) is 1.50. The number of nitrogens with one attached hydrogen (secondary N) is 1. The van der Waals surface area contributed by atoms with Gasteiger partial charge in [0.15, 0.2) is 0 Å². The summed E-state index contributed by atoms with van der Waals surface area (Å²) in [6.45, 7) is 10.3. The Hall–Kier alpha value is -1.85. The first kappa shape index (κ1) is 14.6. The predicted molar refractivity (Wildman–Crippen MR) is 74.9 cm³/mol. The molecule has 2 rings (SSSR count). The highest BCUT2D eigenvalue weighted by Gasteiger charge is 2.43. The van der Waals surface area contributed by atoms with Crippen LogP contribution in [0.1, 0.15) is 39.1 Å². The molecule has 1 aliphatic rings. The van der Waals surface area contributed by atoms with Gasteiger partial charge in [0.25, 0.3) is 0 Å². The number of hydrogen-bond acceptors (Lipinski definition) is 3. The van der Waals surface area contributed by atoms with Gasteiger partial charge in [-0.3, -0.25) is 14.3 Å².